The molecule has 7 nitrogen and oxygen atoms in total. The number of benzene rings is 1. The third-order valence-electron chi connectivity index (χ3n) is 6.02. The van der Waals surface area contributed by atoms with E-state index < -0.39 is 0 Å². The molecule has 4 rings (SSSR count). The van der Waals surface area contributed by atoms with Crippen LogP contribution in [-0.4, -0.2) is 73.5 Å². The zero-order valence-electron chi connectivity index (χ0n) is 15.8. The number of piperidine rings is 1. The molecule has 1 aromatic rings. The van der Waals surface area contributed by atoms with Gasteiger partial charge in [0.2, 0.25) is 11.8 Å². The molecule has 0 aliphatic carbocycles. The van der Waals surface area contributed by atoms with Crippen LogP contribution in [0.1, 0.15) is 19.3 Å². The van der Waals surface area contributed by atoms with Gasteiger partial charge in [0.25, 0.3) is 0 Å². The van der Waals surface area contributed by atoms with Crippen LogP contribution in [0, 0.1) is 5.92 Å². The predicted octanol–water partition coefficient (Wildman–Crippen LogP) is 0.440. The van der Waals surface area contributed by atoms with Crippen LogP contribution in [0.25, 0.3) is 0 Å². The Morgan fingerprint density at radius 3 is 2.56 bits per heavy atom. The van der Waals surface area contributed by atoms with E-state index in [1.807, 2.05) is 11.0 Å². The van der Waals surface area contributed by atoms with Crippen LogP contribution < -0.4 is 15.8 Å². The molecule has 3 heterocycles. The summed E-state index contributed by atoms with van der Waals surface area (Å²) >= 11 is 0. The maximum absolute atomic E-state index is 13.1. The topological polar surface area (TPSA) is 67.9 Å². The van der Waals surface area contributed by atoms with E-state index in [4.69, 9.17) is 0 Å². The Hall–Kier alpha value is -2.12. The van der Waals surface area contributed by atoms with E-state index in [1.54, 1.807) is 0 Å². The van der Waals surface area contributed by atoms with Crippen LogP contribution in [0.2, 0.25) is 0 Å². The average Bonchev–Trinajstić information content (AvgIpc) is 2.74. The van der Waals surface area contributed by atoms with Crippen molar-refractivity contribution in [2.24, 2.45) is 5.92 Å². The number of hydrogen-bond acceptors (Lipinski definition) is 5. The summed E-state index contributed by atoms with van der Waals surface area (Å²) in [6.07, 6.45) is 2.50. The summed E-state index contributed by atoms with van der Waals surface area (Å²) in [4.78, 5) is 31.4. The van der Waals surface area contributed by atoms with Gasteiger partial charge in [-0.1, -0.05) is 18.2 Å². The van der Waals surface area contributed by atoms with Gasteiger partial charge in [0.1, 0.15) is 0 Å². The van der Waals surface area contributed by atoms with Crippen molar-refractivity contribution in [1.29, 1.82) is 0 Å². The van der Waals surface area contributed by atoms with E-state index in [9.17, 15) is 9.59 Å². The van der Waals surface area contributed by atoms with Gasteiger partial charge in [-0.25, -0.2) is 5.43 Å². The predicted molar refractivity (Wildman–Crippen MR) is 104 cm³/mol. The van der Waals surface area contributed by atoms with Crippen molar-refractivity contribution >= 4 is 17.5 Å². The number of amides is 2. The Balaban J connectivity index is 1.31. The lowest BCUT2D eigenvalue weighted by molar-refractivity contribution is -0.138. The van der Waals surface area contributed by atoms with Gasteiger partial charge < -0.3 is 9.80 Å². The summed E-state index contributed by atoms with van der Waals surface area (Å²) in [6, 6.07) is 10.6. The van der Waals surface area contributed by atoms with Gasteiger partial charge in [-0.2, -0.15) is 0 Å². The van der Waals surface area contributed by atoms with Gasteiger partial charge in [0, 0.05) is 57.4 Å². The average molecular weight is 371 g/mol. The molecule has 0 spiro atoms. The molecule has 3 aliphatic heterocycles. The molecule has 3 aliphatic rings. The quantitative estimate of drug-likeness (QED) is 0.807. The Morgan fingerprint density at radius 2 is 1.81 bits per heavy atom. The van der Waals surface area contributed by atoms with Crippen molar-refractivity contribution in [3.8, 4) is 0 Å². The smallest absolute Gasteiger partial charge is 0.235 e. The third kappa shape index (κ3) is 4.25. The molecule has 0 radical (unpaired) electrons. The Kier molecular flexibility index (Phi) is 5.59. The van der Waals surface area contributed by atoms with Crippen molar-refractivity contribution in [1.82, 2.24) is 20.7 Å². The van der Waals surface area contributed by atoms with Crippen LogP contribution in [0.5, 0.6) is 0 Å². The van der Waals surface area contributed by atoms with Gasteiger partial charge in [-0.3, -0.25) is 19.9 Å². The maximum atomic E-state index is 13.1. The highest BCUT2D eigenvalue weighted by atomic mass is 16.2. The number of para-hydroxylation sites is 1. The highest BCUT2D eigenvalue weighted by molar-refractivity contribution is 5.79. The van der Waals surface area contributed by atoms with Crippen molar-refractivity contribution in [2.45, 2.75) is 25.3 Å². The second-order valence-electron chi connectivity index (χ2n) is 7.77. The fourth-order valence-corrected chi connectivity index (χ4v) is 4.48. The first-order valence-corrected chi connectivity index (χ1v) is 10.1. The van der Waals surface area contributed by atoms with E-state index in [-0.39, 0.29) is 17.9 Å². The maximum Gasteiger partial charge on any atom is 0.235 e. The van der Waals surface area contributed by atoms with Crippen molar-refractivity contribution in [2.75, 3.05) is 50.7 Å². The van der Waals surface area contributed by atoms with Crippen LogP contribution in [0.15, 0.2) is 30.3 Å². The monoisotopic (exact) mass is 371 g/mol. The molecular weight excluding hydrogens is 342 g/mol. The fraction of sp³-hybridized carbons (Fsp3) is 0.600. The first kappa shape index (κ1) is 18.3. The third-order valence-corrected chi connectivity index (χ3v) is 6.02. The minimum atomic E-state index is 0.0386. The van der Waals surface area contributed by atoms with Crippen molar-refractivity contribution in [3.63, 3.8) is 0 Å². The number of rotatable bonds is 3. The molecular formula is C20H29N5O2. The largest absolute Gasteiger partial charge is 0.368 e. The van der Waals surface area contributed by atoms with Gasteiger partial charge in [0.05, 0.1) is 5.92 Å². The van der Waals surface area contributed by atoms with E-state index in [1.165, 1.54) is 5.69 Å². The molecule has 2 atom stereocenters. The number of anilines is 1. The van der Waals surface area contributed by atoms with Crippen LogP contribution in [-0.2, 0) is 9.59 Å². The number of carbonyl (C=O) groups is 2. The molecule has 2 unspecified atom stereocenters. The molecule has 146 valence electrons. The molecule has 1 aromatic carbocycles. The number of carbonyl (C=O) groups excluding carboxylic acids is 2. The van der Waals surface area contributed by atoms with E-state index in [0.717, 1.165) is 58.7 Å². The summed E-state index contributed by atoms with van der Waals surface area (Å²) in [5.41, 5.74) is 6.86. The zero-order valence-corrected chi connectivity index (χ0v) is 15.8. The second kappa shape index (κ2) is 8.27. The molecule has 2 amide bonds. The summed E-state index contributed by atoms with van der Waals surface area (Å²) in [5.74, 6) is 0.393. The fourth-order valence-electron chi connectivity index (χ4n) is 4.48. The van der Waals surface area contributed by atoms with Crippen LogP contribution in [0.4, 0.5) is 5.69 Å². The van der Waals surface area contributed by atoms with Gasteiger partial charge in [0.15, 0.2) is 0 Å². The first-order valence-electron chi connectivity index (χ1n) is 10.1. The number of hydrazine groups is 1. The van der Waals surface area contributed by atoms with Crippen LogP contribution >= 0.6 is 0 Å². The zero-order chi connectivity index (χ0) is 18.6. The van der Waals surface area contributed by atoms with Crippen molar-refractivity contribution in [3.05, 3.63) is 30.3 Å². The lowest BCUT2D eigenvalue weighted by Gasteiger charge is -2.42. The lowest BCUT2D eigenvalue weighted by atomic mass is 9.94. The molecule has 0 saturated carbocycles. The highest BCUT2D eigenvalue weighted by Crippen LogP contribution is 2.23. The molecule has 7 heteroatoms. The molecule has 3 fully saturated rings. The summed E-state index contributed by atoms with van der Waals surface area (Å²) in [6.45, 7) is 5.86. The lowest BCUT2D eigenvalue weighted by Crippen LogP contribution is -2.58. The highest BCUT2D eigenvalue weighted by Gasteiger charge is 2.34. The number of hydrogen-bond donors (Lipinski definition) is 2. The van der Waals surface area contributed by atoms with Gasteiger partial charge in [-0.05, 0) is 31.5 Å². The molecule has 27 heavy (non-hydrogen) atoms. The van der Waals surface area contributed by atoms with Crippen LogP contribution in [0.3, 0.4) is 0 Å². The van der Waals surface area contributed by atoms with E-state index in [0.29, 0.717) is 12.3 Å². The number of nitrogens with one attached hydrogen (secondary N) is 2. The Labute approximate surface area is 160 Å². The van der Waals surface area contributed by atoms with Gasteiger partial charge in [-0.15, -0.1) is 0 Å². The first-order chi connectivity index (χ1) is 13.2. The minimum Gasteiger partial charge on any atom is -0.368 e. The molecule has 2 N–H and O–H groups in total. The SMILES string of the molecule is O=C1CC(N2CCCC(C(=O)N3CCN(c4ccccc4)CC3)C2)CNN1. The second-order valence-corrected chi connectivity index (χ2v) is 7.77. The van der Waals surface area contributed by atoms with Crippen molar-refractivity contribution < 1.29 is 9.59 Å². The normalized spacial score (nSPS) is 27.3. The van der Waals surface area contributed by atoms with E-state index >= 15 is 0 Å². The standard InChI is InChI=1S/C20H29N5O2/c26-19-13-18(14-21-22-19)25-8-4-5-16(15-25)20(27)24-11-9-23(10-12-24)17-6-2-1-3-7-17/h1-3,6-7,16,18,21H,4-5,8-15H2,(H,22,26). The molecule has 3 saturated heterocycles. The molecule has 0 aromatic heterocycles. The van der Waals surface area contributed by atoms with E-state index in [2.05, 4.69) is 44.9 Å². The minimum absolute atomic E-state index is 0.0386. The summed E-state index contributed by atoms with van der Waals surface area (Å²) in [5, 5.41) is 0. The molecule has 0 bridgehead atoms. The Morgan fingerprint density at radius 1 is 1.04 bits per heavy atom. The number of piperazine rings is 1. The summed E-state index contributed by atoms with van der Waals surface area (Å²) in [7, 11) is 0. The number of likely N-dealkylation sites (tertiary alicyclic amines) is 1. The Bertz CT molecular complexity index is 660. The number of nitrogens with zero attached hydrogens (tertiary/aromatic N) is 3. The summed E-state index contributed by atoms with van der Waals surface area (Å²) < 4.78 is 0. The van der Waals surface area contributed by atoms with Gasteiger partial charge >= 0.3 is 0 Å².